The molecule has 0 radical (unpaired) electrons. The molecule has 2 rings (SSSR count). The largest absolute Gasteiger partial charge is 0.490 e. The Morgan fingerprint density at radius 2 is 1.07 bits per heavy atom. The summed E-state index contributed by atoms with van der Waals surface area (Å²) >= 11 is 0. The second-order valence-electron chi connectivity index (χ2n) is 9.49. The Bertz CT molecular complexity index is 1040. The Morgan fingerprint density at radius 3 is 1.52 bits per heavy atom. The summed E-state index contributed by atoms with van der Waals surface area (Å²) in [5.41, 5.74) is 5.43. The van der Waals surface area contributed by atoms with Gasteiger partial charge in [0.25, 0.3) is 11.8 Å². The summed E-state index contributed by atoms with van der Waals surface area (Å²) in [5.74, 6) is 0.200. The average molecular weight is 557 g/mol. The molecule has 220 valence electrons. The molecule has 0 atom stereocenters. The van der Waals surface area contributed by atoms with Crippen molar-refractivity contribution in [2.45, 2.75) is 85.5 Å². The van der Waals surface area contributed by atoms with Crippen molar-refractivity contribution in [1.29, 1.82) is 0 Å². The molecule has 0 saturated heterocycles. The van der Waals surface area contributed by atoms with Crippen LogP contribution in [0.5, 0.6) is 23.0 Å². The number of esters is 1. The highest BCUT2D eigenvalue weighted by atomic mass is 16.5. The lowest BCUT2D eigenvalue weighted by Gasteiger charge is -2.19. The van der Waals surface area contributed by atoms with Crippen molar-refractivity contribution >= 4 is 17.8 Å². The van der Waals surface area contributed by atoms with E-state index in [1.165, 1.54) is 31.2 Å². The summed E-state index contributed by atoms with van der Waals surface area (Å²) in [4.78, 5) is 36.8. The average Bonchev–Trinajstić information content (AvgIpc) is 2.94. The summed E-state index contributed by atoms with van der Waals surface area (Å²) in [5, 5.41) is 0. The van der Waals surface area contributed by atoms with Gasteiger partial charge in [-0.2, -0.15) is 0 Å². The van der Waals surface area contributed by atoms with Gasteiger partial charge in [-0.25, -0.2) is 0 Å². The Hall–Kier alpha value is -3.75. The number of hydrogen-bond donors (Lipinski definition) is 2. The molecule has 0 fully saturated rings. The summed E-state index contributed by atoms with van der Waals surface area (Å²) in [7, 11) is 0. The van der Waals surface area contributed by atoms with Gasteiger partial charge in [0.1, 0.15) is 5.75 Å². The Kier molecular flexibility index (Phi) is 15.0. The first-order chi connectivity index (χ1) is 19.4. The molecule has 0 aliphatic carbocycles. The number of ether oxygens (including phenoxy) is 4. The molecule has 9 heteroatoms. The van der Waals surface area contributed by atoms with Crippen LogP contribution in [0.25, 0.3) is 0 Å². The van der Waals surface area contributed by atoms with Crippen molar-refractivity contribution in [1.82, 2.24) is 10.9 Å². The smallest absolute Gasteiger partial charge is 0.308 e. The molecule has 0 spiro atoms. The van der Waals surface area contributed by atoms with E-state index in [2.05, 4.69) is 31.6 Å². The van der Waals surface area contributed by atoms with Crippen LogP contribution in [0.1, 0.15) is 106 Å². The molecular weight excluding hydrogens is 512 g/mol. The van der Waals surface area contributed by atoms with Gasteiger partial charge in [-0.05, 0) is 55.7 Å². The second-order valence-corrected chi connectivity index (χ2v) is 9.49. The van der Waals surface area contributed by atoms with E-state index in [9.17, 15) is 14.4 Å². The normalized spacial score (nSPS) is 10.5. The van der Waals surface area contributed by atoms with E-state index in [4.69, 9.17) is 18.9 Å². The molecule has 2 N–H and O–H groups in total. The van der Waals surface area contributed by atoms with Gasteiger partial charge in [-0.1, -0.05) is 59.3 Å². The van der Waals surface area contributed by atoms with Crippen LogP contribution in [-0.4, -0.2) is 37.6 Å². The van der Waals surface area contributed by atoms with E-state index >= 15 is 0 Å². The van der Waals surface area contributed by atoms with Crippen molar-refractivity contribution < 1.29 is 33.3 Å². The van der Waals surface area contributed by atoms with Gasteiger partial charge >= 0.3 is 5.97 Å². The van der Waals surface area contributed by atoms with Crippen LogP contribution < -0.4 is 29.8 Å². The van der Waals surface area contributed by atoms with Crippen molar-refractivity contribution in [3.63, 3.8) is 0 Å². The second kappa shape index (κ2) is 18.5. The third kappa shape index (κ3) is 11.6. The van der Waals surface area contributed by atoms with Gasteiger partial charge in [0.05, 0.1) is 19.8 Å². The first-order valence-electron chi connectivity index (χ1n) is 14.3. The minimum Gasteiger partial charge on any atom is -0.490 e. The van der Waals surface area contributed by atoms with Gasteiger partial charge in [0, 0.05) is 18.1 Å². The lowest BCUT2D eigenvalue weighted by Crippen LogP contribution is -2.41. The van der Waals surface area contributed by atoms with Crippen LogP contribution in [0.15, 0.2) is 36.4 Å². The van der Waals surface area contributed by atoms with E-state index in [-0.39, 0.29) is 11.1 Å². The summed E-state index contributed by atoms with van der Waals surface area (Å²) < 4.78 is 23.3. The van der Waals surface area contributed by atoms with Crippen molar-refractivity contribution in [2.24, 2.45) is 0 Å². The number of amides is 2. The molecule has 9 nitrogen and oxygen atoms in total. The van der Waals surface area contributed by atoms with Crippen LogP contribution >= 0.6 is 0 Å². The molecule has 2 amide bonds. The van der Waals surface area contributed by atoms with Crippen LogP contribution in [0.3, 0.4) is 0 Å². The fourth-order valence-corrected chi connectivity index (χ4v) is 3.76. The molecule has 2 aromatic carbocycles. The number of unbranched alkanes of at least 4 members (excludes halogenated alkanes) is 6. The van der Waals surface area contributed by atoms with Crippen LogP contribution in [0, 0.1) is 0 Å². The third-order valence-corrected chi connectivity index (χ3v) is 5.96. The fourth-order valence-electron chi connectivity index (χ4n) is 3.76. The van der Waals surface area contributed by atoms with Gasteiger partial charge in [0.2, 0.25) is 5.75 Å². The number of rotatable bonds is 18. The van der Waals surface area contributed by atoms with E-state index in [0.29, 0.717) is 42.8 Å². The Morgan fingerprint density at radius 1 is 0.625 bits per heavy atom. The zero-order valence-corrected chi connectivity index (χ0v) is 24.3. The highest BCUT2D eigenvalue weighted by molar-refractivity contribution is 5.99. The molecule has 0 aliphatic heterocycles. The minimum atomic E-state index is -0.528. The van der Waals surface area contributed by atoms with E-state index in [1.54, 1.807) is 12.1 Å². The number of nitrogens with one attached hydrogen (secondary N) is 2. The minimum absolute atomic E-state index is 0.266. The van der Waals surface area contributed by atoms with Gasteiger partial charge in [-0.3, -0.25) is 25.2 Å². The van der Waals surface area contributed by atoms with Crippen LogP contribution in [0.4, 0.5) is 0 Å². The SMILES string of the molecule is CCCCCOc1cc(C(=O)NNC(=O)c2ccc(OC(C)=O)cc2)cc(OCCCCC)c1OCCCCC. The molecule has 0 saturated carbocycles. The standard InChI is InChI=1S/C31H44N2O7/c1-5-8-11-18-37-27-21-25(22-28(38-19-12-9-6-2)29(27)39-20-13-10-7-3)31(36)33-32-30(35)24-14-16-26(17-15-24)40-23(4)34/h14-17,21-22H,5-13,18-20H2,1-4H3,(H,32,35)(H,33,36). The monoisotopic (exact) mass is 556 g/mol. The maximum atomic E-state index is 13.1. The summed E-state index contributed by atoms with van der Waals surface area (Å²) in [6.45, 7) is 9.16. The molecule has 0 aromatic heterocycles. The third-order valence-electron chi connectivity index (χ3n) is 5.96. The van der Waals surface area contributed by atoms with Crippen molar-refractivity contribution in [3.8, 4) is 23.0 Å². The molecule has 0 heterocycles. The van der Waals surface area contributed by atoms with Crippen LogP contribution in [0.2, 0.25) is 0 Å². The zero-order chi connectivity index (χ0) is 29.2. The summed E-state index contributed by atoms with van der Waals surface area (Å²) in [6.07, 6.45) is 8.95. The Balaban J connectivity index is 2.21. The highest BCUT2D eigenvalue weighted by Gasteiger charge is 2.20. The number of benzene rings is 2. The highest BCUT2D eigenvalue weighted by Crippen LogP contribution is 2.39. The first kappa shape index (κ1) is 32.5. The molecule has 2 aromatic rings. The lowest BCUT2D eigenvalue weighted by molar-refractivity contribution is -0.131. The van der Waals surface area contributed by atoms with Gasteiger partial charge < -0.3 is 18.9 Å². The maximum absolute atomic E-state index is 13.1. The zero-order valence-electron chi connectivity index (χ0n) is 24.3. The molecular formula is C31H44N2O7. The van der Waals surface area contributed by atoms with Crippen molar-refractivity contribution in [3.05, 3.63) is 47.5 Å². The first-order valence-corrected chi connectivity index (χ1v) is 14.3. The van der Waals surface area contributed by atoms with Crippen LogP contribution in [-0.2, 0) is 4.79 Å². The van der Waals surface area contributed by atoms with E-state index in [1.807, 2.05) is 0 Å². The number of carbonyl (C=O) groups excluding carboxylic acids is 3. The number of hydrazine groups is 1. The molecule has 0 bridgehead atoms. The van der Waals surface area contributed by atoms with Gasteiger partial charge in [-0.15, -0.1) is 0 Å². The number of hydrogen-bond acceptors (Lipinski definition) is 7. The predicted molar refractivity (Wildman–Crippen MR) is 154 cm³/mol. The number of carbonyl (C=O) groups is 3. The molecule has 0 unspecified atom stereocenters. The molecule has 0 aliphatic rings. The maximum Gasteiger partial charge on any atom is 0.308 e. The Labute approximate surface area is 237 Å². The topological polar surface area (TPSA) is 112 Å². The van der Waals surface area contributed by atoms with Crippen molar-refractivity contribution in [2.75, 3.05) is 19.8 Å². The molecule has 40 heavy (non-hydrogen) atoms. The van der Waals surface area contributed by atoms with E-state index in [0.717, 1.165) is 57.8 Å². The predicted octanol–water partition coefficient (Wildman–Crippen LogP) is 6.39. The quantitative estimate of drug-likeness (QED) is 0.0946. The fraction of sp³-hybridized carbons (Fsp3) is 0.516. The summed E-state index contributed by atoms with van der Waals surface area (Å²) in [6, 6.07) is 9.23. The van der Waals surface area contributed by atoms with Gasteiger partial charge in [0.15, 0.2) is 11.5 Å². The lowest BCUT2D eigenvalue weighted by atomic mass is 10.1. The van der Waals surface area contributed by atoms with E-state index < -0.39 is 17.8 Å².